The molecule has 20 heavy (non-hydrogen) atoms. The van der Waals surface area contributed by atoms with Gasteiger partial charge in [-0.1, -0.05) is 0 Å². The highest BCUT2D eigenvalue weighted by Gasteiger charge is 2.26. The number of aliphatic hydroxyl groups is 1. The lowest BCUT2D eigenvalue weighted by Gasteiger charge is -2.18. The Balaban J connectivity index is 3.00. The van der Waals surface area contributed by atoms with Gasteiger partial charge in [0.2, 0.25) is 0 Å². The number of aliphatic hydroxyl groups excluding tert-OH is 1. The van der Waals surface area contributed by atoms with Gasteiger partial charge in [-0.15, -0.1) is 0 Å². The van der Waals surface area contributed by atoms with E-state index in [1.54, 1.807) is 6.07 Å². The molecule has 1 rings (SSSR count). The number of hydrogen-bond acceptors (Lipinski definition) is 5. The number of amides is 1. The minimum atomic E-state index is -1.39. The molecular formula is C13H17NO6. The Kier molecular flexibility index (Phi) is 5.33. The van der Waals surface area contributed by atoms with E-state index < -0.39 is 24.0 Å². The highest BCUT2D eigenvalue weighted by Crippen LogP contribution is 2.24. The highest BCUT2D eigenvalue weighted by molar-refractivity contribution is 5.99. The monoisotopic (exact) mass is 283 g/mol. The van der Waals surface area contributed by atoms with Crippen LogP contribution >= 0.6 is 0 Å². The van der Waals surface area contributed by atoms with Gasteiger partial charge in [0.05, 0.1) is 25.9 Å². The zero-order valence-corrected chi connectivity index (χ0v) is 11.4. The lowest BCUT2D eigenvalue weighted by molar-refractivity contribution is -0.141. The Hall–Kier alpha value is -2.28. The van der Waals surface area contributed by atoms with Crippen molar-refractivity contribution in [3.05, 3.63) is 23.8 Å². The summed E-state index contributed by atoms with van der Waals surface area (Å²) in [6, 6.07) is 3.12. The number of aliphatic carboxylic acids is 1. The van der Waals surface area contributed by atoms with Crippen LogP contribution < -0.4 is 14.8 Å². The first-order valence-electron chi connectivity index (χ1n) is 5.84. The molecule has 0 aliphatic carbocycles. The number of nitrogens with one attached hydrogen (secondary N) is 1. The Bertz CT molecular complexity index is 500. The quantitative estimate of drug-likeness (QED) is 0.692. The summed E-state index contributed by atoms with van der Waals surface area (Å²) in [4.78, 5) is 23.0. The van der Waals surface area contributed by atoms with Crippen LogP contribution in [0.15, 0.2) is 18.2 Å². The molecule has 0 aromatic heterocycles. The van der Waals surface area contributed by atoms with E-state index in [1.165, 1.54) is 33.3 Å². The van der Waals surface area contributed by atoms with E-state index in [1.807, 2.05) is 0 Å². The van der Waals surface area contributed by atoms with E-state index in [-0.39, 0.29) is 11.3 Å². The number of carboxylic acid groups (broad SMARTS) is 1. The van der Waals surface area contributed by atoms with Gasteiger partial charge in [-0.25, -0.2) is 4.79 Å². The van der Waals surface area contributed by atoms with Gasteiger partial charge in [0.15, 0.2) is 6.04 Å². The molecule has 0 saturated carbocycles. The van der Waals surface area contributed by atoms with E-state index in [2.05, 4.69) is 5.32 Å². The van der Waals surface area contributed by atoms with Crippen LogP contribution in [0.2, 0.25) is 0 Å². The van der Waals surface area contributed by atoms with Crippen LogP contribution in [-0.2, 0) is 4.79 Å². The van der Waals surface area contributed by atoms with Crippen LogP contribution in [0.4, 0.5) is 0 Å². The highest BCUT2D eigenvalue weighted by atomic mass is 16.5. The van der Waals surface area contributed by atoms with Crippen LogP contribution in [0.1, 0.15) is 17.3 Å². The van der Waals surface area contributed by atoms with Gasteiger partial charge in [0.1, 0.15) is 11.5 Å². The third-order valence-electron chi connectivity index (χ3n) is 2.69. The topological polar surface area (TPSA) is 105 Å². The second kappa shape index (κ2) is 6.76. The fourth-order valence-corrected chi connectivity index (χ4v) is 1.59. The molecule has 3 N–H and O–H groups in total. The number of carbonyl (C=O) groups is 2. The van der Waals surface area contributed by atoms with Crippen molar-refractivity contribution in [3.8, 4) is 11.5 Å². The standard InChI is InChI=1S/C13H17NO6/c1-7(15)11(13(17)18)14-12(16)9-5-4-8(19-2)6-10(9)20-3/h4-7,11,15H,1-3H3,(H,14,16)(H,17,18). The van der Waals surface area contributed by atoms with Gasteiger partial charge in [-0.2, -0.15) is 0 Å². The second-order valence-corrected chi connectivity index (χ2v) is 4.10. The molecule has 0 heterocycles. The fourth-order valence-electron chi connectivity index (χ4n) is 1.59. The second-order valence-electron chi connectivity index (χ2n) is 4.10. The summed E-state index contributed by atoms with van der Waals surface area (Å²) in [6.45, 7) is 1.28. The van der Waals surface area contributed by atoms with Crippen molar-refractivity contribution in [1.29, 1.82) is 0 Å². The molecule has 1 amide bonds. The number of ether oxygens (including phenoxy) is 2. The number of carbonyl (C=O) groups excluding carboxylic acids is 1. The van der Waals surface area contributed by atoms with E-state index in [0.717, 1.165) is 0 Å². The number of benzene rings is 1. The maximum Gasteiger partial charge on any atom is 0.328 e. The maximum absolute atomic E-state index is 12.0. The smallest absolute Gasteiger partial charge is 0.328 e. The molecule has 1 aromatic rings. The first-order chi connectivity index (χ1) is 9.40. The van der Waals surface area contributed by atoms with Gasteiger partial charge < -0.3 is 25.0 Å². The minimum Gasteiger partial charge on any atom is -0.497 e. The van der Waals surface area contributed by atoms with Crippen molar-refractivity contribution >= 4 is 11.9 Å². The molecule has 7 nitrogen and oxygen atoms in total. The van der Waals surface area contributed by atoms with E-state index in [9.17, 15) is 14.7 Å². The van der Waals surface area contributed by atoms with Crippen molar-refractivity contribution in [1.82, 2.24) is 5.32 Å². The number of rotatable bonds is 6. The molecule has 7 heteroatoms. The van der Waals surface area contributed by atoms with Crippen LogP contribution in [0.25, 0.3) is 0 Å². The number of carboxylic acids is 1. The molecule has 0 bridgehead atoms. The summed E-state index contributed by atoms with van der Waals surface area (Å²) in [6.07, 6.45) is -1.22. The van der Waals surface area contributed by atoms with Gasteiger partial charge in [0, 0.05) is 6.07 Å². The predicted molar refractivity (Wildman–Crippen MR) is 70.1 cm³/mol. The normalized spacial score (nSPS) is 13.2. The average Bonchev–Trinajstić information content (AvgIpc) is 2.42. The van der Waals surface area contributed by atoms with Gasteiger partial charge in [0.25, 0.3) is 5.91 Å². The molecule has 110 valence electrons. The van der Waals surface area contributed by atoms with Crippen molar-refractivity contribution in [2.75, 3.05) is 14.2 Å². The zero-order valence-electron chi connectivity index (χ0n) is 11.4. The predicted octanol–water partition coefficient (Wildman–Crippen LogP) is 0.268. The Labute approximate surface area is 116 Å². The molecule has 0 fully saturated rings. The zero-order chi connectivity index (χ0) is 15.3. The largest absolute Gasteiger partial charge is 0.497 e. The summed E-state index contributed by atoms with van der Waals surface area (Å²) in [7, 11) is 2.86. The number of hydrogen-bond donors (Lipinski definition) is 3. The fraction of sp³-hybridized carbons (Fsp3) is 0.385. The van der Waals surface area contributed by atoms with Gasteiger partial charge in [-0.3, -0.25) is 4.79 Å². The minimum absolute atomic E-state index is 0.153. The number of methoxy groups -OCH3 is 2. The van der Waals surface area contributed by atoms with Crippen LogP contribution in [0.3, 0.4) is 0 Å². The molecule has 2 atom stereocenters. The third kappa shape index (κ3) is 3.61. The van der Waals surface area contributed by atoms with E-state index in [4.69, 9.17) is 14.6 Å². The Morgan fingerprint density at radius 1 is 1.25 bits per heavy atom. The summed E-state index contributed by atoms with van der Waals surface area (Å²) < 4.78 is 10.1. The average molecular weight is 283 g/mol. The molecular weight excluding hydrogens is 266 g/mol. The maximum atomic E-state index is 12.0. The summed E-state index contributed by atoms with van der Waals surface area (Å²) in [5.41, 5.74) is 0.153. The summed E-state index contributed by atoms with van der Waals surface area (Å²) in [5.74, 6) is -1.22. The third-order valence-corrected chi connectivity index (χ3v) is 2.69. The van der Waals surface area contributed by atoms with E-state index >= 15 is 0 Å². The van der Waals surface area contributed by atoms with Crippen LogP contribution in [-0.4, -0.2) is 48.5 Å². The molecule has 0 aliphatic heterocycles. The summed E-state index contributed by atoms with van der Waals surface area (Å²) >= 11 is 0. The van der Waals surface area contributed by atoms with Gasteiger partial charge >= 0.3 is 5.97 Å². The lowest BCUT2D eigenvalue weighted by Crippen LogP contribution is -2.47. The van der Waals surface area contributed by atoms with Crippen molar-refractivity contribution < 1.29 is 29.3 Å². The van der Waals surface area contributed by atoms with Crippen molar-refractivity contribution in [2.24, 2.45) is 0 Å². The SMILES string of the molecule is COc1ccc(C(=O)NC(C(=O)O)C(C)O)c(OC)c1. The Morgan fingerprint density at radius 2 is 1.90 bits per heavy atom. The Morgan fingerprint density at radius 3 is 2.35 bits per heavy atom. The van der Waals surface area contributed by atoms with Crippen LogP contribution in [0, 0.1) is 0 Å². The molecule has 0 radical (unpaired) electrons. The first kappa shape index (κ1) is 15.8. The van der Waals surface area contributed by atoms with Crippen LogP contribution in [0.5, 0.6) is 11.5 Å². The molecule has 0 spiro atoms. The molecule has 2 unspecified atom stereocenters. The first-order valence-corrected chi connectivity index (χ1v) is 5.84. The van der Waals surface area contributed by atoms with Gasteiger partial charge in [-0.05, 0) is 19.1 Å². The lowest BCUT2D eigenvalue weighted by atomic mass is 10.1. The summed E-state index contributed by atoms with van der Waals surface area (Å²) in [5, 5.41) is 20.5. The van der Waals surface area contributed by atoms with Crippen molar-refractivity contribution in [3.63, 3.8) is 0 Å². The molecule has 1 aromatic carbocycles. The van der Waals surface area contributed by atoms with E-state index in [0.29, 0.717) is 5.75 Å². The molecule has 0 aliphatic rings. The van der Waals surface area contributed by atoms with Crippen molar-refractivity contribution in [2.45, 2.75) is 19.1 Å². The molecule has 0 saturated heterocycles.